The Morgan fingerprint density at radius 1 is 1.27 bits per heavy atom. The number of primary amides is 1. The van der Waals surface area contributed by atoms with Crippen molar-refractivity contribution >= 4 is 16.1 Å². The molecule has 1 aromatic carbocycles. The van der Waals surface area contributed by atoms with Crippen LogP contribution in [-0.4, -0.2) is 43.9 Å². The van der Waals surface area contributed by atoms with Gasteiger partial charge in [0.1, 0.15) is 6.04 Å². The molecule has 1 aliphatic rings. The number of benzene rings is 1. The number of hydrogen-bond donors (Lipinski definition) is 2. The third-order valence-corrected chi connectivity index (χ3v) is 4.92. The van der Waals surface area contributed by atoms with Crippen LogP contribution in [0.15, 0.2) is 30.3 Å². The van der Waals surface area contributed by atoms with Crippen molar-refractivity contribution in [2.45, 2.75) is 32.1 Å². The van der Waals surface area contributed by atoms with Gasteiger partial charge in [0.2, 0.25) is 5.91 Å². The molecular formula is C14H21N3O4S. The van der Waals surface area contributed by atoms with Crippen molar-refractivity contribution in [3.63, 3.8) is 0 Å². The monoisotopic (exact) mass is 327 g/mol. The smallest absolute Gasteiger partial charge is 0.280 e. The van der Waals surface area contributed by atoms with Crippen molar-refractivity contribution in [1.82, 2.24) is 9.03 Å². The Balaban J connectivity index is 2.20. The molecule has 0 aromatic heterocycles. The van der Waals surface area contributed by atoms with Crippen LogP contribution in [0, 0.1) is 0 Å². The molecule has 8 heteroatoms. The zero-order chi connectivity index (χ0) is 16.3. The molecule has 2 rings (SSSR count). The van der Waals surface area contributed by atoms with Crippen molar-refractivity contribution in [3.05, 3.63) is 35.9 Å². The summed E-state index contributed by atoms with van der Waals surface area (Å²) in [5.41, 5.74) is 5.86. The van der Waals surface area contributed by atoms with Crippen LogP contribution in [-0.2, 0) is 19.7 Å². The van der Waals surface area contributed by atoms with Crippen molar-refractivity contribution in [3.8, 4) is 0 Å². The van der Waals surface area contributed by atoms with Gasteiger partial charge >= 0.3 is 0 Å². The number of hydrogen-bond acceptors (Lipinski definition) is 4. The number of amides is 1. The van der Waals surface area contributed by atoms with Gasteiger partial charge in [-0.05, 0) is 19.4 Å². The lowest BCUT2D eigenvalue weighted by Gasteiger charge is -2.35. The van der Waals surface area contributed by atoms with Crippen molar-refractivity contribution in [1.29, 1.82) is 0 Å². The second kappa shape index (κ2) is 6.74. The van der Waals surface area contributed by atoms with E-state index in [9.17, 15) is 13.2 Å². The van der Waals surface area contributed by atoms with Gasteiger partial charge in [-0.1, -0.05) is 30.3 Å². The summed E-state index contributed by atoms with van der Waals surface area (Å²) in [7, 11) is -3.84. The van der Waals surface area contributed by atoms with Gasteiger partial charge in [-0.15, -0.1) is 0 Å². The predicted octanol–water partition coefficient (Wildman–Crippen LogP) is 0.157. The van der Waals surface area contributed by atoms with Crippen LogP contribution < -0.4 is 10.5 Å². The Hall–Kier alpha value is -1.48. The molecule has 0 unspecified atom stereocenters. The zero-order valence-corrected chi connectivity index (χ0v) is 13.4. The maximum absolute atomic E-state index is 12.5. The fourth-order valence-corrected chi connectivity index (χ4v) is 4.00. The summed E-state index contributed by atoms with van der Waals surface area (Å²) >= 11 is 0. The summed E-state index contributed by atoms with van der Waals surface area (Å²) in [6, 6.07) is 7.43. The molecule has 0 spiro atoms. The first-order valence-corrected chi connectivity index (χ1v) is 8.50. The minimum atomic E-state index is -3.84. The highest BCUT2D eigenvalue weighted by atomic mass is 32.2. The summed E-state index contributed by atoms with van der Waals surface area (Å²) in [5.74, 6) is -0.746. The molecule has 1 amide bonds. The maximum Gasteiger partial charge on any atom is 0.280 e. The molecule has 1 saturated heterocycles. The number of carbonyl (C=O) groups is 1. The van der Waals surface area contributed by atoms with Gasteiger partial charge in [0.25, 0.3) is 10.2 Å². The second-order valence-electron chi connectivity index (χ2n) is 5.44. The molecule has 7 nitrogen and oxygen atoms in total. The molecule has 0 aliphatic carbocycles. The van der Waals surface area contributed by atoms with E-state index in [2.05, 4.69) is 4.72 Å². The molecule has 1 heterocycles. The van der Waals surface area contributed by atoms with Crippen molar-refractivity contribution in [2.24, 2.45) is 5.73 Å². The van der Waals surface area contributed by atoms with E-state index in [-0.39, 0.29) is 25.3 Å². The number of nitrogens with zero attached hydrogens (tertiary/aromatic N) is 1. The highest BCUT2D eigenvalue weighted by molar-refractivity contribution is 7.87. The Morgan fingerprint density at radius 3 is 2.32 bits per heavy atom. The predicted molar refractivity (Wildman–Crippen MR) is 82.0 cm³/mol. The molecule has 3 atom stereocenters. The largest absolute Gasteiger partial charge is 0.373 e. The Labute approximate surface area is 130 Å². The fraction of sp³-hybridized carbons (Fsp3) is 0.500. The summed E-state index contributed by atoms with van der Waals surface area (Å²) in [4.78, 5) is 11.6. The van der Waals surface area contributed by atoms with Gasteiger partial charge in [0, 0.05) is 13.1 Å². The van der Waals surface area contributed by atoms with Crippen LogP contribution in [0.2, 0.25) is 0 Å². The van der Waals surface area contributed by atoms with Gasteiger partial charge in [-0.25, -0.2) is 0 Å². The topological polar surface area (TPSA) is 102 Å². The first kappa shape index (κ1) is 16.9. The summed E-state index contributed by atoms with van der Waals surface area (Å²) in [6.45, 7) is 4.09. The van der Waals surface area contributed by atoms with Crippen LogP contribution in [0.5, 0.6) is 0 Å². The Kier molecular flexibility index (Phi) is 5.17. The number of carbonyl (C=O) groups excluding carboxylic acids is 1. The van der Waals surface area contributed by atoms with Crippen LogP contribution in [0.25, 0.3) is 0 Å². The molecule has 0 radical (unpaired) electrons. The standard InChI is InChI=1S/C14H21N3O4S/c1-10-8-17(9-11(2)21-10)22(19,20)16-13(14(15)18)12-6-4-3-5-7-12/h3-7,10-11,13,16H,8-9H2,1-2H3,(H2,15,18)/t10-,11+,13-/m1/s1. The first-order chi connectivity index (χ1) is 10.3. The van der Waals surface area contributed by atoms with Gasteiger partial charge in [0.15, 0.2) is 0 Å². The van der Waals surface area contributed by atoms with E-state index in [1.54, 1.807) is 44.2 Å². The lowest BCUT2D eigenvalue weighted by Crippen LogP contribution is -2.53. The summed E-state index contributed by atoms with van der Waals surface area (Å²) < 4.78 is 34.2. The third kappa shape index (κ3) is 4.04. The van der Waals surface area contributed by atoms with Crippen LogP contribution in [0.1, 0.15) is 25.5 Å². The Morgan fingerprint density at radius 2 is 1.82 bits per heavy atom. The molecule has 1 aliphatic heterocycles. The zero-order valence-electron chi connectivity index (χ0n) is 12.6. The highest BCUT2D eigenvalue weighted by Crippen LogP contribution is 2.18. The minimum absolute atomic E-state index is 0.205. The fourth-order valence-electron chi connectivity index (χ4n) is 2.49. The van der Waals surface area contributed by atoms with E-state index in [1.807, 2.05) is 0 Å². The van der Waals surface area contributed by atoms with E-state index in [1.165, 1.54) is 4.31 Å². The van der Waals surface area contributed by atoms with Gasteiger partial charge < -0.3 is 10.5 Å². The Bertz CT molecular complexity index is 610. The van der Waals surface area contributed by atoms with Crippen LogP contribution in [0.4, 0.5) is 0 Å². The summed E-state index contributed by atoms with van der Waals surface area (Å²) in [6.07, 6.45) is -0.409. The molecule has 1 fully saturated rings. The number of morpholine rings is 1. The van der Waals surface area contributed by atoms with Gasteiger partial charge in [-0.3, -0.25) is 4.79 Å². The van der Waals surface area contributed by atoms with E-state index in [4.69, 9.17) is 10.5 Å². The lowest BCUT2D eigenvalue weighted by molar-refractivity contribution is -0.119. The molecule has 122 valence electrons. The summed E-state index contributed by atoms with van der Waals surface area (Å²) in [5, 5.41) is 0. The third-order valence-electron chi connectivity index (χ3n) is 3.41. The average Bonchev–Trinajstić information content (AvgIpc) is 2.44. The van der Waals surface area contributed by atoms with E-state index < -0.39 is 22.2 Å². The number of nitrogens with two attached hydrogens (primary N) is 1. The molecule has 3 N–H and O–H groups in total. The van der Waals surface area contributed by atoms with Crippen molar-refractivity contribution < 1.29 is 17.9 Å². The highest BCUT2D eigenvalue weighted by Gasteiger charge is 2.34. The number of rotatable bonds is 5. The molecule has 22 heavy (non-hydrogen) atoms. The normalized spacial score (nSPS) is 24.8. The quantitative estimate of drug-likeness (QED) is 0.804. The van der Waals surface area contributed by atoms with Crippen LogP contribution in [0.3, 0.4) is 0 Å². The first-order valence-electron chi connectivity index (χ1n) is 7.06. The lowest BCUT2D eigenvalue weighted by atomic mass is 10.1. The molecule has 0 saturated carbocycles. The van der Waals surface area contributed by atoms with Gasteiger partial charge in [0.05, 0.1) is 12.2 Å². The SMILES string of the molecule is C[C@@H]1CN(S(=O)(=O)N[C@@H](C(N)=O)c2ccccc2)C[C@H](C)O1. The number of nitrogens with one attached hydrogen (secondary N) is 1. The van der Waals surface area contributed by atoms with Crippen LogP contribution >= 0.6 is 0 Å². The van der Waals surface area contributed by atoms with Gasteiger partial charge in [-0.2, -0.15) is 17.4 Å². The molecule has 1 aromatic rings. The van der Waals surface area contributed by atoms with Crippen molar-refractivity contribution in [2.75, 3.05) is 13.1 Å². The second-order valence-corrected chi connectivity index (χ2v) is 7.15. The van der Waals surface area contributed by atoms with E-state index >= 15 is 0 Å². The maximum atomic E-state index is 12.5. The number of ether oxygens (including phenoxy) is 1. The average molecular weight is 327 g/mol. The molecule has 0 bridgehead atoms. The minimum Gasteiger partial charge on any atom is -0.373 e. The molecular weight excluding hydrogens is 306 g/mol. The van der Waals surface area contributed by atoms with E-state index in [0.717, 1.165) is 0 Å². The van der Waals surface area contributed by atoms with E-state index in [0.29, 0.717) is 5.56 Å².